The van der Waals surface area contributed by atoms with E-state index < -0.39 is 0 Å². The molecule has 0 radical (unpaired) electrons. The monoisotopic (exact) mass is 230 g/mol. The number of benzene rings is 1. The molecule has 1 fully saturated rings. The summed E-state index contributed by atoms with van der Waals surface area (Å²) in [6, 6.07) is 5.04. The van der Waals surface area contributed by atoms with Crippen LogP contribution in [0.4, 0.5) is 4.39 Å². The second kappa shape index (κ2) is 2.54. The summed E-state index contributed by atoms with van der Waals surface area (Å²) in [7, 11) is 0. The summed E-state index contributed by atoms with van der Waals surface area (Å²) in [6.07, 6.45) is 0. The average molecular weight is 231 g/mol. The van der Waals surface area contributed by atoms with E-state index >= 15 is 0 Å². The molecule has 0 bridgehead atoms. The number of hydrogen-bond donors (Lipinski definition) is 0. The Hall–Kier alpha value is -0.410. The van der Waals surface area contributed by atoms with Gasteiger partial charge in [0, 0.05) is 10.0 Å². The minimum absolute atomic E-state index is 0.204. The molecular formula is C9H8BrFO. The van der Waals surface area contributed by atoms with Crippen LogP contribution in [-0.2, 0) is 10.3 Å². The first-order valence-corrected chi connectivity index (χ1v) is 4.51. The van der Waals surface area contributed by atoms with E-state index in [2.05, 4.69) is 15.9 Å². The quantitative estimate of drug-likeness (QED) is 0.677. The van der Waals surface area contributed by atoms with Crippen molar-refractivity contribution in [2.24, 2.45) is 0 Å². The molecule has 1 nitrogen and oxygen atoms in total. The Kier molecular flexibility index (Phi) is 1.73. The van der Waals surface area contributed by atoms with Crippen LogP contribution in [0.3, 0.4) is 0 Å². The fraction of sp³-hybridized carbons (Fsp3) is 0.333. The largest absolute Gasteiger partial charge is 0.365 e. The molecule has 0 aromatic heterocycles. The Morgan fingerprint density at radius 1 is 1.58 bits per heavy atom. The van der Waals surface area contributed by atoms with Crippen LogP contribution in [0, 0.1) is 5.82 Å². The zero-order valence-corrected chi connectivity index (χ0v) is 8.19. The normalized spacial score (nSPS) is 27.2. The standard InChI is InChI=1S/C9H8BrFO/c1-9(5-12-9)7-3-2-6(10)4-8(7)11/h2-4H,5H2,1H3/t9-/m0/s1. The lowest BCUT2D eigenvalue weighted by atomic mass is 10.0. The number of ether oxygens (including phenoxy) is 1. The van der Waals surface area contributed by atoms with Crippen molar-refractivity contribution < 1.29 is 9.13 Å². The van der Waals surface area contributed by atoms with E-state index in [1.807, 2.05) is 13.0 Å². The Morgan fingerprint density at radius 3 is 2.75 bits per heavy atom. The molecule has 1 atom stereocenters. The van der Waals surface area contributed by atoms with E-state index in [1.165, 1.54) is 6.07 Å². The van der Waals surface area contributed by atoms with Crippen molar-refractivity contribution in [3.8, 4) is 0 Å². The summed E-state index contributed by atoms with van der Waals surface area (Å²) in [4.78, 5) is 0. The van der Waals surface area contributed by atoms with Gasteiger partial charge in [0.2, 0.25) is 0 Å². The Morgan fingerprint density at radius 2 is 2.25 bits per heavy atom. The Labute approximate surface area is 78.7 Å². The van der Waals surface area contributed by atoms with E-state index in [0.29, 0.717) is 12.2 Å². The predicted octanol–water partition coefficient (Wildman–Crippen LogP) is 2.83. The SMILES string of the molecule is C[C@@]1(c2ccc(Br)cc2F)CO1. The highest BCUT2D eigenvalue weighted by atomic mass is 79.9. The molecular weight excluding hydrogens is 223 g/mol. The van der Waals surface area contributed by atoms with Crippen molar-refractivity contribution >= 4 is 15.9 Å². The van der Waals surface area contributed by atoms with Crippen molar-refractivity contribution in [2.75, 3.05) is 6.61 Å². The van der Waals surface area contributed by atoms with Crippen LogP contribution in [0.15, 0.2) is 22.7 Å². The summed E-state index contributed by atoms with van der Waals surface area (Å²) in [5.74, 6) is -0.204. The number of hydrogen-bond acceptors (Lipinski definition) is 1. The molecule has 1 aliphatic heterocycles. The van der Waals surface area contributed by atoms with Gasteiger partial charge in [-0.1, -0.05) is 22.0 Å². The molecule has 2 rings (SSSR count). The van der Waals surface area contributed by atoms with E-state index in [9.17, 15) is 4.39 Å². The smallest absolute Gasteiger partial charge is 0.130 e. The molecule has 1 aliphatic rings. The third-order valence-electron chi connectivity index (χ3n) is 2.08. The van der Waals surface area contributed by atoms with Crippen LogP contribution in [0.2, 0.25) is 0 Å². The van der Waals surface area contributed by atoms with Gasteiger partial charge in [-0.3, -0.25) is 0 Å². The highest BCUT2D eigenvalue weighted by molar-refractivity contribution is 9.10. The molecule has 1 aromatic rings. The molecule has 64 valence electrons. The molecule has 0 spiro atoms. The van der Waals surface area contributed by atoms with Crippen LogP contribution < -0.4 is 0 Å². The Balaban J connectivity index is 2.45. The summed E-state index contributed by atoms with van der Waals surface area (Å²) in [5, 5.41) is 0. The van der Waals surface area contributed by atoms with Gasteiger partial charge in [0.25, 0.3) is 0 Å². The first-order valence-electron chi connectivity index (χ1n) is 3.71. The molecule has 0 unspecified atom stereocenters. The topological polar surface area (TPSA) is 12.5 Å². The van der Waals surface area contributed by atoms with Gasteiger partial charge < -0.3 is 4.74 Å². The van der Waals surface area contributed by atoms with E-state index in [4.69, 9.17) is 4.74 Å². The van der Waals surface area contributed by atoms with E-state index in [-0.39, 0.29) is 11.4 Å². The van der Waals surface area contributed by atoms with Crippen molar-refractivity contribution in [3.63, 3.8) is 0 Å². The molecule has 1 aromatic carbocycles. The summed E-state index contributed by atoms with van der Waals surface area (Å²) in [6.45, 7) is 2.50. The zero-order chi connectivity index (χ0) is 8.77. The van der Waals surface area contributed by atoms with Gasteiger partial charge in [-0.2, -0.15) is 0 Å². The first kappa shape index (κ1) is 8.20. The van der Waals surface area contributed by atoms with Gasteiger partial charge in [0.15, 0.2) is 0 Å². The third kappa shape index (κ3) is 1.27. The van der Waals surface area contributed by atoms with Crippen molar-refractivity contribution in [3.05, 3.63) is 34.1 Å². The lowest BCUT2D eigenvalue weighted by Crippen LogP contribution is -2.04. The van der Waals surface area contributed by atoms with Gasteiger partial charge in [-0.05, 0) is 19.1 Å². The van der Waals surface area contributed by atoms with E-state index in [0.717, 1.165) is 4.47 Å². The minimum atomic E-state index is -0.370. The molecule has 0 aliphatic carbocycles. The average Bonchev–Trinajstić information content (AvgIpc) is 2.68. The first-order chi connectivity index (χ1) is 5.62. The van der Waals surface area contributed by atoms with Gasteiger partial charge in [0.1, 0.15) is 11.4 Å². The van der Waals surface area contributed by atoms with Gasteiger partial charge >= 0.3 is 0 Å². The molecule has 1 heterocycles. The maximum absolute atomic E-state index is 13.3. The van der Waals surface area contributed by atoms with Crippen LogP contribution in [-0.4, -0.2) is 6.61 Å². The summed E-state index contributed by atoms with van der Waals surface area (Å²) in [5.41, 5.74) is 0.274. The van der Waals surface area contributed by atoms with Crippen molar-refractivity contribution in [2.45, 2.75) is 12.5 Å². The van der Waals surface area contributed by atoms with Crippen LogP contribution in [0.5, 0.6) is 0 Å². The molecule has 12 heavy (non-hydrogen) atoms. The van der Waals surface area contributed by atoms with Gasteiger partial charge in [0.05, 0.1) is 6.61 Å². The van der Waals surface area contributed by atoms with E-state index in [1.54, 1.807) is 6.07 Å². The van der Waals surface area contributed by atoms with Crippen molar-refractivity contribution in [1.29, 1.82) is 0 Å². The third-order valence-corrected chi connectivity index (χ3v) is 2.57. The summed E-state index contributed by atoms with van der Waals surface area (Å²) < 4.78 is 19.2. The summed E-state index contributed by atoms with van der Waals surface area (Å²) >= 11 is 3.20. The second-order valence-electron chi connectivity index (χ2n) is 3.14. The second-order valence-corrected chi connectivity index (χ2v) is 4.06. The number of epoxide rings is 1. The number of halogens is 2. The zero-order valence-electron chi connectivity index (χ0n) is 6.60. The molecule has 0 saturated carbocycles. The molecule has 0 amide bonds. The fourth-order valence-corrected chi connectivity index (χ4v) is 1.52. The lowest BCUT2D eigenvalue weighted by Gasteiger charge is -2.06. The van der Waals surface area contributed by atoms with Crippen LogP contribution in [0.25, 0.3) is 0 Å². The van der Waals surface area contributed by atoms with Crippen LogP contribution >= 0.6 is 15.9 Å². The fourth-order valence-electron chi connectivity index (χ4n) is 1.18. The minimum Gasteiger partial charge on any atom is -0.365 e. The predicted molar refractivity (Wildman–Crippen MR) is 47.4 cm³/mol. The molecule has 0 N–H and O–H groups in total. The van der Waals surface area contributed by atoms with Crippen molar-refractivity contribution in [1.82, 2.24) is 0 Å². The van der Waals surface area contributed by atoms with Gasteiger partial charge in [-0.15, -0.1) is 0 Å². The van der Waals surface area contributed by atoms with Gasteiger partial charge in [-0.25, -0.2) is 4.39 Å². The number of rotatable bonds is 1. The maximum Gasteiger partial charge on any atom is 0.130 e. The molecule has 1 saturated heterocycles. The highest BCUT2D eigenvalue weighted by Crippen LogP contribution is 2.39. The highest BCUT2D eigenvalue weighted by Gasteiger charge is 2.43. The Bertz CT molecular complexity index is 320. The lowest BCUT2D eigenvalue weighted by molar-refractivity contribution is 0.321. The molecule has 3 heteroatoms. The van der Waals surface area contributed by atoms with Crippen LogP contribution in [0.1, 0.15) is 12.5 Å². The maximum atomic E-state index is 13.3.